The Labute approximate surface area is 360 Å². The molecule has 0 bridgehead atoms. The number of nitrogens with zero attached hydrogens (tertiary/aromatic N) is 2. The van der Waals surface area contributed by atoms with Gasteiger partial charge in [0, 0.05) is 32.9 Å². The van der Waals surface area contributed by atoms with Crippen molar-refractivity contribution in [3.63, 3.8) is 0 Å². The molecular formula is C59H40N2O. The SMILES string of the molecule is CC1(C)c2ccccc2-c2ccc(-c3cc(-c4cc(-c5cccc(-c6cccc7ccccc67)c5)cc(-c5ccc6oc7ccccc7c6c5)c4)nc(-c4ccccc4)n3)cc21. The average molecular weight is 793 g/mol. The summed E-state index contributed by atoms with van der Waals surface area (Å²) >= 11 is 0. The summed E-state index contributed by atoms with van der Waals surface area (Å²) < 4.78 is 6.27. The van der Waals surface area contributed by atoms with E-state index in [1.807, 2.05) is 18.2 Å². The van der Waals surface area contributed by atoms with Crippen molar-refractivity contribution in [2.75, 3.05) is 0 Å². The molecule has 3 heteroatoms. The lowest BCUT2D eigenvalue weighted by molar-refractivity contribution is 0.660. The molecule has 0 atom stereocenters. The zero-order valence-electron chi connectivity index (χ0n) is 34.4. The summed E-state index contributed by atoms with van der Waals surface area (Å²) in [6, 6.07) is 73.9. The minimum absolute atomic E-state index is 0.134. The van der Waals surface area contributed by atoms with Crippen LogP contribution in [0.3, 0.4) is 0 Å². The van der Waals surface area contributed by atoms with Crippen molar-refractivity contribution in [3.05, 3.63) is 217 Å². The molecule has 9 aromatic carbocycles. The second kappa shape index (κ2) is 14.1. The summed E-state index contributed by atoms with van der Waals surface area (Å²) in [7, 11) is 0. The number of rotatable bonds is 6. The fourth-order valence-electron chi connectivity index (χ4n) is 9.68. The highest BCUT2D eigenvalue weighted by molar-refractivity contribution is 6.06. The van der Waals surface area contributed by atoms with Crippen LogP contribution >= 0.6 is 0 Å². The minimum atomic E-state index is -0.134. The normalized spacial score (nSPS) is 12.8. The lowest BCUT2D eigenvalue weighted by atomic mass is 9.82. The maximum atomic E-state index is 6.27. The molecule has 0 saturated carbocycles. The number of para-hydroxylation sites is 1. The summed E-state index contributed by atoms with van der Waals surface area (Å²) in [4.78, 5) is 10.6. The maximum absolute atomic E-state index is 6.27. The van der Waals surface area contributed by atoms with Crippen LogP contribution in [0.15, 0.2) is 211 Å². The topological polar surface area (TPSA) is 38.9 Å². The lowest BCUT2D eigenvalue weighted by Gasteiger charge is -2.22. The third-order valence-corrected chi connectivity index (χ3v) is 12.9. The molecule has 0 aliphatic heterocycles. The zero-order valence-corrected chi connectivity index (χ0v) is 34.4. The van der Waals surface area contributed by atoms with E-state index in [0.29, 0.717) is 5.82 Å². The standard InChI is InChI=1S/C59H40N2O/c1-59(2)52-24-10-8-21-48(52)49-28-26-42(35-53(49)59)54-36-55(61-58(60-54)38-15-4-3-5-16-38)45-32-43(39-18-12-19-41(30-39)47-23-13-17-37-14-6-7-20-46(37)47)31-44(33-45)40-27-29-57-51(34-40)50-22-9-11-25-56(50)62-57/h3-36H,1-2H3. The summed E-state index contributed by atoms with van der Waals surface area (Å²) in [6.45, 7) is 4.66. The zero-order chi connectivity index (χ0) is 41.4. The van der Waals surface area contributed by atoms with Crippen molar-refractivity contribution in [1.82, 2.24) is 9.97 Å². The van der Waals surface area contributed by atoms with Crippen LogP contribution in [0, 0.1) is 0 Å². The molecule has 3 nitrogen and oxygen atoms in total. The van der Waals surface area contributed by atoms with Crippen LogP contribution in [0.4, 0.5) is 0 Å². The van der Waals surface area contributed by atoms with Gasteiger partial charge in [-0.2, -0.15) is 0 Å². The van der Waals surface area contributed by atoms with Gasteiger partial charge in [0.2, 0.25) is 0 Å². The highest BCUT2D eigenvalue weighted by Gasteiger charge is 2.35. The van der Waals surface area contributed by atoms with Gasteiger partial charge in [-0.15, -0.1) is 0 Å². The van der Waals surface area contributed by atoms with Crippen LogP contribution in [-0.2, 0) is 5.41 Å². The van der Waals surface area contributed by atoms with Crippen molar-refractivity contribution in [2.45, 2.75) is 19.3 Å². The van der Waals surface area contributed by atoms with Gasteiger partial charge in [0.25, 0.3) is 0 Å². The van der Waals surface area contributed by atoms with Gasteiger partial charge >= 0.3 is 0 Å². The Morgan fingerprint density at radius 2 is 0.919 bits per heavy atom. The van der Waals surface area contributed by atoms with Crippen LogP contribution in [0.25, 0.3) is 111 Å². The number of fused-ring (bicyclic) bond motifs is 7. The van der Waals surface area contributed by atoms with E-state index in [1.165, 1.54) is 44.2 Å². The fourth-order valence-corrected chi connectivity index (χ4v) is 9.68. The molecule has 292 valence electrons. The molecule has 1 aliphatic carbocycles. The van der Waals surface area contributed by atoms with Gasteiger partial charge < -0.3 is 4.42 Å². The summed E-state index contributed by atoms with van der Waals surface area (Å²) in [5.41, 5.74) is 18.5. The van der Waals surface area contributed by atoms with Crippen LogP contribution in [0.2, 0.25) is 0 Å². The van der Waals surface area contributed by atoms with Crippen LogP contribution < -0.4 is 0 Å². The van der Waals surface area contributed by atoms with E-state index in [0.717, 1.165) is 72.3 Å². The maximum Gasteiger partial charge on any atom is 0.160 e. The summed E-state index contributed by atoms with van der Waals surface area (Å²) in [6.07, 6.45) is 0. The van der Waals surface area contributed by atoms with E-state index in [1.54, 1.807) is 0 Å². The Balaban J connectivity index is 1.06. The number of benzene rings is 9. The third-order valence-electron chi connectivity index (χ3n) is 12.9. The van der Waals surface area contributed by atoms with Crippen molar-refractivity contribution < 1.29 is 4.42 Å². The number of hydrogen-bond donors (Lipinski definition) is 0. The Hall–Kier alpha value is -7.88. The van der Waals surface area contributed by atoms with E-state index in [4.69, 9.17) is 14.4 Å². The molecule has 0 spiro atoms. The molecule has 12 rings (SSSR count). The molecule has 0 fully saturated rings. The van der Waals surface area contributed by atoms with Crippen molar-refractivity contribution in [3.8, 4) is 78.4 Å². The highest BCUT2D eigenvalue weighted by atomic mass is 16.3. The van der Waals surface area contributed by atoms with Gasteiger partial charge in [-0.1, -0.05) is 166 Å². The first-order valence-corrected chi connectivity index (χ1v) is 21.3. The number of hydrogen-bond acceptors (Lipinski definition) is 3. The number of aromatic nitrogens is 2. The first-order valence-electron chi connectivity index (χ1n) is 21.3. The van der Waals surface area contributed by atoms with Crippen LogP contribution in [0.5, 0.6) is 0 Å². The molecule has 0 saturated heterocycles. The van der Waals surface area contributed by atoms with E-state index < -0.39 is 0 Å². The summed E-state index contributed by atoms with van der Waals surface area (Å²) in [5, 5.41) is 4.67. The molecule has 62 heavy (non-hydrogen) atoms. The predicted octanol–water partition coefficient (Wildman–Crippen LogP) is 15.8. The van der Waals surface area contributed by atoms with Crippen LogP contribution in [0.1, 0.15) is 25.0 Å². The fraction of sp³-hybridized carbons (Fsp3) is 0.0508. The van der Waals surface area contributed by atoms with Gasteiger partial charge in [0.15, 0.2) is 5.82 Å². The molecule has 0 N–H and O–H groups in total. The van der Waals surface area contributed by atoms with Gasteiger partial charge in [0.1, 0.15) is 11.2 Å². The van der Waals surface area contributed by atoms with Crippen molar-refractivity contribution in [2.24, 2.45) is 0 Å². The Morgan fingerprint density at radius 3 is 1.79 bits per heavy atom. The molecule has 1 aliphatic rings. The van der Waals surface area contributed by atoms with E-state index in [9.17, 15) is 0 Å². The third kappa shape index (κ3) is 5.96. The summed E-state index contributed by atoms with van der Waals surface area (Å²) in [5.74, 6) is 0.692. The van der Waals surface area contributed by atoms with E-state index >= 15 is 0 Å². The first kappa shape index (κ1) is 36.0. The molecule has 2 heterocycles. The van der Waals surface area contributed by atoms with E-state index in [2.05, 4.69) is 202 Å². The second-order valence-electron chi connectivity index (χ2n) is 17.0. The van der Waals surface area contributed by atoms with Gasteiger partial charge in [0.05, 0.1) is 11.4 Å². The monoisotopic (exact) mass is 792 g/mol. The lowest BCUT2D eigenvalue weighted by Crippen LogP contribution is -2.14. The second-order valence-corrected chi connectivity index (χ2v) is 17.0. The molecule has 0 radical (unpaired) electrons. The average Bonchev–Trinajstić information content (AvgIpc) is 3.82. The molecular weight excluding hydrogens is 753 g/mol. The molecule has 2 aromatic heterocycles. The van der Waals surface area contributed by atoms with Gasteiger partial charge in [-0.25, -0.2) is 9.97 Å². The van der Waals surface area contributed by atoms with E-state index in [-0.39, 0.29) is 5.41 Å². The molecule has 0 unspecified atom stereocenters. The van der Waals surface area contributed by atoms with Gasteiger partial charge in [-0.3, -0.25) is 0 Å². The largest absolute Gasteiger partial charge is 0.456 e. The first-order chi connectivity index (χ1) is 30.4. The predicted molar refractivity (Wildman–Crippen MR) is 257 cm³/mol. The smallest absolute Gasteiger partial charge is 0.160 e. The quantitative estimate of drug-likeness (QED) is 0.168. The van der Waals surface area contributed by atoms with Crippen molar-refractivity contribution >= 4 is 32.7 Å². The van der Waals surface area contributed by atoms with Crippen molar-refractivity contribution in [1.29, 1.82) is 0 Å². The Kier molecular flexibility index (Phi) is 8.20. The van der Waals surface area contributed by atoms with Crippen LogP contribution in [-0.4, -0.2) is 9.97 Å². The molecule has 11 aromatic rings. The minimum Gasteiger partial charge on any atom is -0.456 e. The molecule has 0 amide bonds. The van der Waals surface area contributed by atoms with Gasteiger partial charge in [-0.05, 0) is 121 Å². The Bertz CT molecular complexity index is 3550. The highest BCUT2D eigenvalue weighted by Crippen LogP contribution is 2.49. The number of furan rings is 1. The Morgan fingerprint density at radius 1 is 0.339 bits per heavy atom.